The minimum absolute atomic E-state index is 0.121. The number of benzene rings is 2. The molecule has 1 fully saturated rings. The van der Waals surface area contributed by atoms with Crippen LogP contribution in [-0.4, -0.2) is 38.0 Å². The summed E-state index contributed by atoms with van der Waals surface area (Å²) >= 11 is 0. The third kappa shape index (κ3) is 4.93. The lowest BCUT2D eigenvalue weighted by Crippen LogP contribution is -2.38. The van der Waals surface area contributed by atoms with Crippen LogP contribution in [-0.2, 0) is 16.4 Å². The van der Waals surface area contributed by atoms with E-state index in [9.17, 15) is 13.2 Å². The highest BCUT2D eigenvalue weighted by Gasteiger charge is 2.24. The summed E-state index contributed by atoms with van der Waals surface area (Å²) in [4.78, 5) is 12.3. The van der Waals surface area contributed by atoms with Gasteiger partial charge in [-0.2, -0.15) is 0 Å². The van der Waals surface area contributed by atoms with E-state index in [2.05, 4.69) is 5.32 Å². The number of amides is 1. The van der Waals surface area contributed by atoms with Crippen LogP contribution in [0, 0.1) is 5.92 Å². The highest BCUT2D eigenvalue weighted by atomic mass is 32.2. The molecule has 0 radical (unpaired) electrons. The van der Waals surface area contributed by atoms with Crippen molar-refractivity contribution in [3.05, 3.63) is 65.7 Å². The average molecular weight is 372 g/mol. The first kappa shape index (κ1) is 18.6. The van der Waals surface area contributed by atoms with Gasteiger partial charge >= 0.3 is 0 Å². The first-order valence-corrected chi connectivity index (χ1v) is 10.7. The summed E-state index contributed by atoms with van der Waals surface area (Å²) in [6, 6.07) is 17.1. The van der Waals surface area contributed by atoms with Gasteiger partial charge < -0.3 is 5.32 Å². The van der Waals surface area contributed by atoms with Crippen LogP contribution in [0.2, 0.25) is 0 Å². The number of carbonyl (C=O) groups excluding carboxylic acids is 1. The van der Waals surface area contributed by atoms with Crippen molar-refractivity contribution in [3.63, 3.8) is 0 Å². The third-order valence-electron chi connectivity index (χ3n) is 4.81. The maximum absolute atomic E-state index is 12.3. The SMILES string of the molecule is CS(=O)(=O)N1CCC(Cc2ccc(C(=O)Nc3ccccc3)cc2)CC1. The molecular weight excluding hydrogens is 348 g/mol. The molecule has 0 aliphatic carbocycles. The number of anilines is 1. The number of nitrogens with one attached hydrogen (secondary N) is 1. The quantitative estimate of drug-likeness (QED) is 0.877. The second kappa shape index (κ2) is 8.01. The predicted octanol–water partition coefficient (Wildman–Crippen LogP) is 3.15. The highest BCUT2D eigenvalue weighted by Crippen LogP contribution is 2.23. The van der Waals surface area contributed by atoms with Gasteiger partial charge in [0.2, 0.25) is 10.0 Å². The lowest BCUT2D eigenvalue weighted by atomic mass is 9.91. The van der Waals surface area contributed by atoms with Gasteiger partial charge in [-0.1, -0.05) is 30.3 Å². The monoisotopic (exact) mass is 372 g/mol. The van der Waals surface area contributed by atoms with Crippen LogP contribution in [0.15, 0.2) is 54.6 Å². The molecule has 0 saturated carbocycles. The molecule has 0 spiro atoms. The van der Waals surface area contributed by atoms with Gasteiger partial charge in [0.1, 0.15) is 0 Å². The van der Waals surface area contributed by atoms with Crippen LogP contribution in [0.1, 0.15) is 28.8 Å². The van der Waals surface area contributed by atoms with E-state index in [0.29, 0.717) is 24.6 Å². The van der Waals surface area contributed by atoms with Crippen molar-refractivity contribution in [2.24, 2.45) is 5.92 Å². The molecule has 0 bridgehead atoms. The summed E-state index contributed by atoms with van der Waals surface area (Å²) in [5.74, 6) is 0.362. The van der Waals surface area contributed by atoms with Crippen molar-refractivity contribution in [1.82, 2.24) is 4.31 Å². The van der Waals surface area contributed by atoms with Crippen molar-refractivity contribution >= 4 is 21.6 Å². The van der Waals surface area contributed by atoms with Crippen LogP contribution >= 0.6 is 0 Å². The van der Waals surface area contributed by atoms with E-state index < -0.39 is 10.0 Å². The van der Waals surface area contributed by atoms with Gasteiger partial charge in [-0.25, -0.2) is 12.7 Å². The van der Waals surface area contributed by atoms with E-state index in [1.54, 1.807) is 4.31 Å². The fourth-order valence-corrected chi connectivity index (χ4v) is 4.17. The molecule has 3 rings (SSSR count). The summed E-state index contributed by atoms with van der Waals surface area (Å²) in [5, 5.41) is 2.88. The molecule has 2 aromatic carbocycles. The topological polar surface area (TPSA) is 66.5 Å². The Morgan fingerprint density at radius 2 is 1.65 bits per heavy atom. The molecule has 5 nitrogen and oxygen atoms in total. The van der Waals surface area contributed by atoms with E-state index in [0.717, 1.165) is 24.9 Å². The maximum Gasteiger partial charge on any atom is 0.255 e. The Morgan fingerprint density at radius 1 is 1.04 bits per heavy atom. The summed E-state index contributed by atoms with van der Waals surface area (Å²) in [6.45, 7) is 1.20. The van der Waals surface area contributed by atoms with Crippen LogP contribution in [0.5, 0.6) is 0 Å². The molecule has 6 heteroatoms. The lowest BCUT2D eigenvalue weighted by molar-refractivity contribution is 0.102. The first-order chi connectivity index (χ1) is 12.4. The zero-order valence-electron chi connectivity index (χ0n) is 14.9. The second-order valence-electron chi connectivity index (χ2n) is 6.83. The van der Waals surface area contributed by atoms with Crippen molar-refractivity contribution in [2.75, 3.05) is 24.7 Å². The largest absolute Gasteiger partial charge is 0.322 e. The Balaban J connectivity index is 1.54. The fraction of sp³-hybridized carbons (Fsp3) is 0.350. The van der Waals surface area contributed by atoms with Crippen molar-refractivity contribution < 1.29 is 13.2 Å². The van der Waals surface area contributed by atoms with E-state index in [4.69, 9.17) is 0 Å². The fourth-order valence-electron chi connectivity index (χ4n) is 3.30. The van der Waals surface area contributed by atoms with E-state index in [1.807, 2.05) is 54.6 Å². The summed E-state index contributed by atoms with van der Waals surface area (Å²) in [7, 11) is -3.07. The lowest BCUT2D eigenvalue weighted by Gasteiger charge is -2.30. The molecule has 1 N–H and O–H groups in total. The van der Waals surface area contributed by atoms with Crippen molar-refractivity contribution in [2.45, 2.75) is 19.3 Å². The van der Waals surface area contributed by atoms with Crippen LogP contribution in [0.3, 0.4) is 0 Å². The Hall–Kier alpha value is -2.18. The van der Waals surface area contributed by atoms with Crippen LogP contribution < -0.4 is 5.32 Å². The predicted molar refractivity (Wildman–Crippen MR) is 104 cm³/mol. The summed E-state index contributed by atoms with van der Waals surface area (Å²) < 4.78 is 24.7. The highest BCUT2D eigenvalue weighted by molar-refractivity contribution is 7.88. The molecule has 0 atom stereocenters. The van der Waals surface area contributed by atoms with Crippen LogP contribution in [0.4, 0.5) is 5.69 Å². The van der Waals surface area contributed by atoms with Gasteiger partial charge in [-0.05, 0) is 55.0 Å². The Morgan fingerprint density at radius 3 is 2.23 bits per heavy atom. The molecule has 1 aliphatic rings. The van der Waals surface area contributed by atoms with Gasteiger partial charge in [0, 0.05) is 24.3 Å². The van der Waals surface area contributed by atoms with E-state index >= 15 is 0 Å². The number of para-hydroxylation sites is 1. The maximum atomic E-state index is 12.3. The second-order valence-corrected chi connectivity index (χ2v) is 8.81. The molecule has 1 heterocycles. The van der Waals surface area contributed by atoms with Gasteiger partial charge in [-0.3, -0.25) is 4.79 Å². The average Bonchev–Trinajstić information content (AvgIpc) is 2.63. The Labute approximate surface area is 155 Å². The molecule has 1 aliphatic heterocycles. The Kier molecular flexibility index (Phi) is 5.74. The number of sulfonamides is 1. The molecule has 0 aromatic heterocycles. The number of piperidine rings is 1. The minimum atomic E-state index is -3.07. The Bertz CT molecular complexity index is 840. The minimum Gasteiger partial charge on any atom is -0.322 e. The van der Waals surface area contributed by atoms with Gasteiger partial charge in [-0.15, -0.1) is 0 Å². The number of rotatable bonds is 5. The molecular formula is C20H24N2O3S. The van der Waals surface area contributed by atoms with Gasteiger partial charge in [0.05, 0.1) is 6.26 Å². The number of carbonyl (C=O) groups is 1. The number of hydrogen-bond acceptors (Lipinski definition) is 3. The van der Waals surface area contributed by atoms with Crippen LogP contribution in [0.25, 0.3) is 0 Å². The van der Waals surface area contributed by atoms with Gasteiger partial charge in [0.15, 0.2) is 0 Å². The zero-order chi connectivity index (χ0) is 18.6. The summed E-state index contributed by atoms with van der Waals surface area (Å²) in [6.07, 6.45) is 3.94. The van der Waals surface area contributed by atoms with E-state index in [1.165, 1.54) is 11.8 Å². The molecule has 1 saturated heterocycles. The normalized spacial score (nSPS) is 16.3. The number of hydrogen-bond donors (Lipinski definition) is 1. The zero-order valence-corrected chi connectivity index (χ0v) is 15.7. The molecule has 2 aromatic rings. The first-order valence-electron chi connectivity index (χ1n) is 8.82. The smallest absolute Gasteiger partial charge is 0.255 e. The molecule has 1 amide bonds. The van der Waals surface area contributed by atoms with Crippen molar-refractivity contribution in [3.8, 4) is 0 Å². The summed E-state index contributed by atoms with van der Waals surface area (Å²) in [5.41, 5.74) is 2.59. The van der Waals surface area contributed by atoms with Gasteiger partial charge in [0.25, 0.3) is 5.91 Å². The third-order valence-corrected chi connectivity index (χ3v) is 6.12. The van der Waals surface area contributed by atoms with Crippen molar-refractivity contribution in [1.29, 1.82) is 0 Å². The molecule has 138 valence electrons. The standard InChI is InChI=1S/C20H24N2O3S/c1-26(24,25)22-13-11-17(12-14-22)15-16-7-9-18(10-8-16)20(23)21-19-5-3-2-4-6-19/h2-10,17H,11-15H2,1H3,(H,21,23). The molecule has 0 unspecified atom stereocenters. The van der Waals surface area contributed by atoms with E-state index in [-0.39, 0.29) is 5.91 Å². The number of nitrogens with zero attached hydrogens (tertiary/aromatic N) is 1. The molecule has 26 heavy (non-hydrogen) atoms.